The quantitative estimate of drug-likeness (QED) is 0.384. The highest BCUT2D eigenvalue weighted by molar-refractivity contribution is 5.91. The van der Waals surface area contributed by atoms with Crippen LogP contribution in [0.3, 0.4) is 0 Å². The predicted molar refractivity (Wildman–Crippen MR) is 107 cm³/mol. The van der Waals surface area contributed by atoms with Crippen molar-refractivity contribution in [3.8, 4) is 23.0 Å². The van der Waals surface area contributed by atoms with Gasteiger partial charge in [-0.05, 0) is 78.7 Å². The average molecular weight is 390 g/mol. The number of carbonyl (C=O) groups excluding carboxylic acids is 2. The van der Waals surface area contributed by atoms with E-state index in [1.165, 1.54) is 48.5 Å². The lowest BCUT2D eigenvalue weighted by Crippen LogP contribution is -2.09. The van der Waals surface area contributed by atoms with E-state index in [-0.39, 0.29) is 11.5 Å². The van der Waals surface area contributed by atoms with Crippen molar-refractivity contribution < 1.29 is 29.3 Å². The molecule has 0 aliphatic heterocycles. The molecule has 2 N–H and O–H groups in total. The summed E-state index contributed by atoms with van der Waals surface area (Å²) in [5, 5.41) is 18.5. The van der Waals surface area contributed by atoms with Gasteiger partial charge in [-0.2, -0.15) is 0 Å². The number of carbonyl (C=O) groups is 2. The molecule has 146 valence electrons. The smallest absolute Gasteiger partial charge is 0.343 e. The number of aryl methyl sites for hydroxylation is 1. The third-order valence-electron chi connectivity index (χ3n) is 3.98. The largest absolute Gasteiger partial charge is 0.508 e. The summed E-state index contributed by atoms with van der Waals surface area (Å²) >= 11 is 0. The van der Waals surface area contributed by atoms with E-state index in [1.807, 2.05) is 0 Å². The summed E-state index contributed by atoms with van der Waals surface area (Å²) in [6.45, 7) is 1.73. The monoisotopic (exact) mass is 390 g/mol. The van der Waals surface area contributed by atoms with Crippen molar-refractivity contribution in [3.63, 3.8) is 0 Å². The number of esters is 2. The van der Waals surface area contributed by atoms with Gasteiger partial charge in [0.1, 0.15) is 23.0 Å². The van der Waals surface area contributed by atoms with Gasteiger partial charge in [0.05, 0.1) is 5.56 Å². The number of hydrogen-bond acceptors (Lipinski definition) is 6. The molecule has 0 saturated heterocycles. The van der Waals surface area contributed by atoms with E-state index >= 15 is 0 Å². The van der Waals surface area contributed by atoms with Gasteiger partial charge < -0.3 is 19.7 Å². The molecule has 0 aliphatic carbocycles. The lowest BCUT2D eigenvalue weighted by Gasteiger charge is -2.09. The Bertz CT molecular complexity index is 1050. The topological polar surface area (TPSA) is 93.1 Å². The second-order valence-corrected chi connectivity index (χ2v) is 6.21. The number of ether oxygens (including phenoxy) is 2. The number of hydrogen-bond donors (Lipinski definition) is 2. The molecule has 0 aromatic heterocycles. The zero-order chi connectivity index (χ0) is 20.8. The number of phenolic OH excluding ortho intramolecular Hbond substituents is 2. The van der Waals surface area contributed by atoms with E-state index in [0.717, 1.165) is 5.56 Å². The van der Waals surface area contributed by atoms with Crippen LogP contribution in [0, 0.1) is 6.92 Å². The average Bonchev–Trinajstić information content (AvgIpc) is 2.70. The van der Waals surface area contributed by atoms with E-state index in [1.54, 1.807) is 37.3 Å². The third kappa shape index (κ3) is 5.46. The van der Waals surface area contributed by atoms with Crippen molar-refractivity contribution in [2.75, 3.05) is 0 Å². The van der Waals surface area contributed by atoms with E-state index in [4.69, 9.17) is 9.47 Å². The van der Waals surface area contributed by atoms with Gasteiger partial charge in [0.2, 0.25) is 0 Å². The van der Waals surface area contributed by atoms with Crippen LogP contribution in [-0.4, -0.2) is 22.2 Å². The van der Waals surface area contributed by atoms with Gasteiger partial charge >= 0.3 is 11.9 Å². The highest BCUT2D eigenvalue weighted by atomic mass is 16.5. The Morgan fingerprint density at radius 3 is 2.07 bits per heavy atom. The number of aromatic hydroxyl groups is 2. The van der Waals surface area contributed by atoms with E-state index in [9.17, 15) is 19.8 Å². The summed E-state index contributed by atoms with van der Waals surface area (Å²) in [6, 6.07) is 16.8. The van der Waals surface area contributed by atoms with Gasteiger partial charge in [-0.15, -0.1) is 0 Å². The highest BCUT2D eigenvalue weighted by Crippen LogP contribution is 2.25. The first-order valence-corrected chi connectivity index (χ1v) is 8.71. The Morgan fingerprint density at radius 2 is 1.45 bits per heavy atom. The third-order valence-corrected chi connectivity index (χ3v) is 3.98. The minimum absolute atomic E-state index is 0.0587. The first-order valence-electron chi connectivity index (χ1n) is 8.71. The molecular weight excluding hydrogens is 372 g/mol. The Morgan fingerprint density at radius 1 is 0.828 bits per heavy atom. The molecule has 0 bridgehead atoms. The van der Waals surface area contributed by atoms with Crippen LogP contribution >= 0.6 is 0 Å². The van der Waals surface area contributed by atoms with Crippen molar-refractivity contribution in [1.82, 2.24) is 0 Å². The first kappa shape index (κ1) is 19.7. The number of phenols is 2. The minimum atomic E-state index is -0.564. The Balaban J connectivity index is 1.62. The van der Waals surface area contributed by atoms with Gasteiger partial charge in [0.15, 0.2) is 0 Å². The molecule has 0 atom stereocenters. The zero-order valence-electron chi connectivity index (χ0n) is 15.5. The molecule has 0 heterocycles. The second-order valence-electron chi connectivity index (χ2n) is 6.21. The minimum Gasteiger partial charge on any atom is -0.508 e. The maximum absolute atomic E-state index is 12.2. The standard InChI is InChI=1S/C23H18O6/c1-15-14-20(28-22(26)13-4-16-2-7-18(24)8-3-16)11-12-21(15)29-23(27)17-5-9-19(25)10-6-17/h2-14,24-25H,1H3/b13-4+. The Kier molecular flexibility index (Phi) is 5.94. The zero-order valence-corrected chi connectivity index (χ0v) is 15.5. The normalized spacial score (nSPS) is 10.7. The van der Waals surface area contributed by atoms with E-state index in [2.05, 4.69) is 0 Å². The van der Waals surface area contributed by atoms with Crippen LogP contribution in [-0.2, 0) is 4.79 Å². The van der Waals surface area contributed by atoms with Crippen molar-refractivity contribution in [1.29, 1.82) is 0 Å². The Labute approximate surface area is 167 Å². The number of benzene rings is 3. The summed E-state index contributed by atoms with van der Waals surface area (Å²) in [6.07, 6.45) is 2.85. The van der Waals surface area contributed by atoms with Crippen LogP contribution in [0.5, 0.6) is 23.0 Å². The lowest BCUT2D eigenvalue weighted by molar-refractivity contribution is -0.128. The maximum atomic E-state index is 12.2. The SMILES string of the molecule is Cc1cc(OC(=O)/C=C/c2ccc(O)cc2)ccc1OC(=O)c1ccc(O)cc1. The van der Waals surface area contributed by atoms with Crippen molar-refractivity contribution in [3.05, 3.63) is 89.5 Å². The lowest BCUT2D eigenvalue weighted by atomic mass is 10.2. The summed E-state index contributed by atoms with van der Waals surface area (Å²) in [4.78, 5) is 24.1. The summed E-state index contributed by atoms with van der Waals surface area (Å²) in [5.41, 5.74) is 1.66. The van der Waals surface area contributed by atoms with Crippen molar-refractivity contribution in [2.45, 2.75) is 6.92 Å². The van der Waals surface area contributed by atoms with Crippen LogP contribution in [0.2, 0.25) is 0 Å². The fourth-order valence-electron chi connectivity index (χ4n) is 2.46. The van der Waals surface area contributed by atoms with Gasteiger partial charge in [0, 0.05) is 6.08 Å². The Hall–Kier alpha value is -4.06. The van der Waals surface area contributed by atoms with Crippen LogP contribution < -0.4 is 9.47 Å². The van der Waals surface area contributed by atoms with Gasteiger partial charge in [0.25, 0.3) is 0 Å². The summed E-state index contributed by atoms with van der Waals surface area (Å²) in [7, 11) is 0. The van der Waals surface area contributed by atoms with Crippen LogP contribution in [0.1, 0.15) is 21.5 Å². The number of rotatable bonds is 5. The maximum Gasteiger partial charge on any atom is 0.343 e. The second kappa shape index (κ2) is 8.75. The summed E-state index contributed by atoms with van der Waals surface area (Å²) < 4.78 is 10.6. The molecule has 0 radical (unpaired) electrons. The van der Waals surface area contributed by atoms with E-state index < -0.39 is 11.9 Å². The van der Waals surface area contributed by atoms with Crippen LogP contribution in [0.25, 0.3) is 6.08 Å². The molecule has 6 nitrogen and oxygen atoms in total. The van der Waals surface area contributed by atoms with Crippen molar-refractivity contribution >= 4 is 18.0 Å². The molecule has 0 amide bonds. The highest BCUT2D eigenvalue weighted by Gasteiger charge is 2.11. The van der Waals surface area contributed by atoms with E-state index in [0.29, 0.717) is 22.6 Å². The van der Waals surface area contributed by atoms with Gasteiger partial charge in [-0.1, -0.05) is 12.1 Å². The molecule has 0 unspecified atom stereocenters. The predicted octanol–water partition coefficient (Wildman–Crippen LogP) is 4.24. The summed E-state index contributed by atoms with van der Waals surface area (Å²) in [5.74, 6) is -0.273. The fourth-order valence-corrected chi connectivity index (χ4v) is 2.46. The van der Waals surface area contributed by atoms with Crippen LogP contribution in [0.15, 0.2) is 72.8 Å². The molecule has 3 rings (SSSR count). The molecule has 0 aliphatic rings. The molecule has 3 aromatic carbocycles. The van der Waals surface area contributed by atoms with Gasteiger partial charge in [-0.25, -0.2) is 9.59 Å². The first-order chi connectivity index (χ1) is 13.9. The molecule has 29 heavy (non-hydrogen) atoms. The van der Waals surface area contributed by atoms with Gasteiger partial charge in [-0.3, -0.25) is 0 Å². The molecule has 0 fully saturated rings. The van der Waals surface area contributed by atoms with Crippen molar-refractivity contribution in [2.24, 2.45) is 0 Å². The molecule has 3 aromatic rings. The van der Waals surface area contributed by atoms with Crippen LogP contribution in [0.4, 0.5) is 0 Å². The molecule has 0 spiro atoms. The molecule has 6 heteroatoms. The molecule has 0 saturated carbocycles. The fraction of sp³-hybridized carbons (Fsp3) is 0.0435. The molecular formula is C23H18O6.